The largest absolute Gasteiger partial charge is 0.336 e. The van der Waals surface area contributed by atoms with Crippen LogP contribution in [0.5, 0.6) is 0 Å². The number of hydrogen-bond acceptors (Lipinski definition) is 4. The van der Waals surface area contributed by atoms with Crippen LogP contribution in [0.25, 0.3) is 0 Å². The maximum Gasteiger partial charge on any atom is 0.253 e. The maximum atomic E-state index is 12.6. The van der Waals surface area contributed by atoms with E-state index in [1.54, 1.807) is 12.1 Å². The number of amides is 1. The van der Waals surface area contributed by atoms with Crippen LogP contribution in [0.2, 0.25) is 0 Å². The van der Waals surface area contributed by atoms with E-state index in [2.05, 4.69) is 11.9 Å². The molecule has 1 fully saturated rings. The fraction of sp³-hybridized carbons (Fsp3) is 0.533. The summed E-state index contributed by atoms with van der Waals surface area (Å²) in [5, 5.41) is 0. The van der Waals surface area contributed by atoms with E-state index < -0.39 is 10.0 Å². The fourth-order valence-corrected chi connectivity index (χ4v) is 4.00. The lowest BCUT2D eigenvalue weighted by Gasteiger charge is -2.32. The minimum Gasteiger partial charge on any atom is -0.336 e. The molecule has 7 heteroatoms. The molecular weight excluding hydrogens is 302 g/mol. The maximum absolute atomic E-state index is 12.6. The van der Waals surface area contributed by atoms with Gasteiger partial charge in [-0.1, -0.05) is 0 Å². The summed E-state index contributed by atoms with van der Waals surface area (Å²) >= 11 is 0. The third kappa shape index (κ3) is 2.83. The molecule has 120 valence electrons. The summed E-state index contributed by atoms with van der Waals surface area (Å²) in [5.41, 5.74) is 2.29. The predicted molar refractivity (Wildman–Crippen MR) is 85.7 cm³/mol. The number of rotatable bonds is 2. The molecule has 22 heavy (non-hydrogen) atoms. The number of carbonyl (C=O) groups excluding carboxylic acids is 1. The number of carbonyl (C=O) groups is 1. The van der Waals surface area contributed by atoms with Crippen molar-refractivity contribution in [1.82, 2.24) is 9.80 Å². The number of likely N-dealkylation sites (N-methyl/N-ethyl adjacent to an activating group) is 1. The van der Waals surface area contributed by atoms with Gasteiger partial charge in [0.25, 0.3) is 5.91 Å². The first kappa shape index (κ1) is 15.3. The van der Waals surface area contributed by atoms with Gasteiger partial charge in [0.15, 0.2) is 0 Å². The van der Waals surface area contributed by atoms with Gasteiger partial charge in [-0.25, -0.2) is 8.42 Å². The summed E-state index contributed by atoms with van der Waals surface area (Å²) in [4.78, 5) is 16.6. The van der Waals surface area contributed by atoms with Gasteiger partial charge in [-0.2, -0.15) is 0 Å². The number of anilines is 1. The molecule has 0 bridgehead atoms. The van der Waals surface area contributed by atoms with E-state index in [9.17, 15) is 13.2 Å². The molecule has 1 amide bonds. The van der Waals surface area contributed by atoms with E-state index in [-0.39, 0.29) is 5.91 Å². The zero-order valence-corrected chi connectivity index (χ0v) is 13.8. The SMILES string of the molecule is CN1CCN(C(=O)c2ccc3c(c2)CCN3S(C)(=O)=O)CC1. The van der Waals surface area contributed by atoms with Crippen molar-refractivity contribution in [3.05, 3.63) is 29.3 Å². The molecule has 1 aromatic rings. The summed E-state index contributed by atoms with van der Waals surface area (Å²) in [6.07, 6.45) is 1.87. The molecule has 2 aliphatic heterocycles. The second kappa shape index (κ2) is 5.55. The van der Waals surface area contributed by atoms with Crippen LogP contribution in [0.3, 0.4) is 0 Å². The molecule has 1 saturated heterocycles. The summed E-state index contributed by atoms with van der Waals surface area (Å²) in [6, 6.07) is 5.34. The van der Waals surface area contributed by atoms with Gasteiger partial charge < -0.3 is 9.80 Å². The van der Waals surface area contributed by atoms with Gasteiger partial charge in [0.1, 0.15) is 0 Å². The van der Waals surface area contributed by atoms with Crippen LogP contribution >= 0.6 is 0 Å². The van der Waals surface area contributed by atoms with Crippen LogP contribution < -0.4 is 4.31 Å². The highest BCUT2D eigenvalue weighted by Crippen LogP contribution is 2.31. The van der Waals surface area contributed by atoms with Gasteiger partial charge in [-0.3, -0.25) is 9.10 Å². The van der Waals surface area contributed by atoms with Gasteiger partial charge >= 0.3 is 0 Å². The second-order valence-corrected chi connectivity index (χ2v) is 7.93. The van der Waals surface area contributed by atoms with E-state index in [4.69, 9.17) is 0 Å². The van der Waals surface area contributed by atoms with E-state index >= 15 is 0 Å². The number of fused-ring (bicyclic) bond motifs is 1. The lowest BCUT2D eigenvalue weighted by Crippen LogP contribution is -2.47. The highest BCUT2D eigenvalue weighted by atomic mass is 32.2. The lowest BCUT2D eigenvalue weighted by atomic mass is 10.1. The van der Waals surface area contributed by atoms with E-state index in [1.165, 1.54) is 10.6 Å². The molecule has 2 heterocycles. The number of sulfonamides is 1. The van der Waals surface area contributed by atoms with Crippen molar-refractivity contribution in [2.45, 2.75) is 6.42 Å². The summed E-state index contributed by atoms with van der Waals surface area (Å²) in [6.45, 7) is 3.71. The fourth-order valence-electron chi connectivity index (χ4n) is 3.04. The van der Waals surface area contributed by atoms with E-state index in [0.29, 0.717) is 24.2 Å². The van der Waals surface area contributed by atoms with Crippen LogP contribution in [0.4, 0.5) is 5.69 Å². The number of piperazine rings is 1. The van der Waals surface area contributed by atoms with Crippen molar-refractivity contribution in [3.63, 3.8) is 0 Å². The van der Waals surface area contributed by atoms with Crippen molar-refractivity contribution in [1.29, 1.82) is 0 Å². The molecule has 0 atom stereocenters. The Morgan fingerprint density at radius 1 is 1.09 bits per heavy atom. The highest BCUT2D eigenvalue weighted by molar-refractivity contribution is 7.92. The third-order valence-electron chi connectivity index (χ3n) is 4.37. The smallest absolute Gasteiger partial charge is 0.253 e. The zero-order valence-electron chi connectivity index (χ0n) is 12.9. The number of hydrogen-bond donors (Lipinski definition) is 0. The summed E-state index contributed by atoms with van der Waals surface area (Å²) < 4.78 is 24.9. The van der Waals surface area contributed by atoms with Crippen LogP contribution in [0.1, 0.15) is 15.9 Å². The van der Waals surface area contributed by atoms with Crippen LogP contribution in [-0.4, -0.2) is 70.2 Å². The first-order chi connectivity index (χ1) is 10.4. The number of benzene rings is 1. The average molecular weight is 323 g/mol. The molecule has 2 aliphatic rings. The topological polar surface area (TPSA) is 60.9 Å². The van der Waals surface area contributed by atoms with Gasteiger partial charge in [-0.15, -0.1) is 0 Å². The normalized spacial score (nSPS) is 19.4. The van der Waals surface area contributed by atoms with Gasteiger partial charge in [-0.05, 0) is 37.2 Å². The Morgan fingerprint density at radius 3 is 2.41 bits per heavy atom. The molecule has 0 saturated carbocycles. The van der Waals surface area contributed by atoms with Crippen molar-refractivity contribution < 1.29 is 13.2 Å². The lowest BCUT2D eigenvalue weighted by molar-refractivity contribution is 0.0664. The predicted octanol–water partition coefficient (Wildman–Crippen LogP) is 0.396. The molecule has 0 radical (unpaired) electrons. The van der Waals surface area contributed by atoms with Crippen molar-refractivity contribution in [2.24, 2.45) is 0 Å². The average Bonchev–Trinajstić information content (AvgIpc) is 2.90. The van der Waals surface area contributed by atoms with Crippen LogP contribution in [0, 0.1) is 0 Å². The molecule has 0 aliphatic carbocycles. The molecular formula is C15H21N3O3S. The second-order valence-electron chi connectivity index (χ2n) is 6.02. The van der Waals surface area contributed by atoms with Gasteiger partial charge in [0.05, 0.1) is 11.9 Å². The van der Waals surface area contributed by atoms with Gasteiger partial charge in [0.2, 0.25) is 10.0 Å². The van der Waals surface area contributed by atoms with Gasteiger partial charge in [0, 0.05) is 38.3 Å². The zero-order chi connectivity index (χ0) is 15.9. The molecule has 0 aromatic heterocycles. The molecule has 3 rings (SSSR count). The molecule has 6 nitrogen and oxygen atoms in total. The summed E-state index contributed by atoms with van der Waals surface area (Å²) in [5.74, 6) is 0.0358. The van der Waals surface area contributed by atoms with Crippen molar-refractivity contribution in [3.8, 4) is 0 Å². The van der Waals surface area contributed by atoms with Crippen LogP contribution in [0.15, 0.2) is 18.2 Å². The minimum atomic E-state index is -3.24. The molecule has 0 spiro atoms. The quantitative estimate of drug-likeness (QED) is 0.790. The Kier molecular flexibility index (Phi) is 3.86. The third-order valence-corrected chi connectivity index (χ3v) is 5.55. The standard InChI is InChI=1S/C15H21N3O3S/c1-16-7-9-17(10-8-16)15(19)13-3-4-14-12(11-13)5-6-18(14)22(2,20)21/h3-4,11H,5-10H2,1-2H3. The van der Waals surface area contributed by atoms with E-state index in [0.717, 1.165) is 31.7 Å². The first-order valence-electron chi connectivity index (χ1n) is 7.45. The Balaban J connectivity index is 1.82. The Bertz CT molecular complexity index is 694. The molecule has 0 N–H and O–H groups in total. The Morgan fingerprint density at radius 2 is 1.77 bits per heavy atom. The van der Waals surface area contributed by atoms with Crippen LogP contribution in [-0.2, 0) is 16.4 Å². The minimum absolute atomic E-state index is 0.0358. The first-order valence-corrected chi connectivity index (χ1v) is 9.29. The monoisotopic (exact) mass is 323 g/mol. The molecule has 1 aromatic carbocycles. The number of nitrogens with zero attached hydrogens (tertiary/aromatic N) is 3. The molecule has 0 unspecified atom stereocenters. The van der Waals surface area contributed by atoms with Crippen molar-refractivity contribution >= 4 is 21.6 Å². The Labute approximate surface area is 131 Å². The van der Waals surface area contributed by atoms with E-state index in [1.807, 2.05) is 11.0 Å². The Hall–Kier alpha value is -1.60. The summed E-state index contributed by atoms with van der Waals surface area (Å²) in [7, 11) is -1.19. The van der Waals surface area contributed by atoms with Crippen molar-refractivity contribution in [2.75, 3.05) is 50.3 Å². The highest BCUT2D eigenvalue weighted by Gasteiger charge is 2.28.